The van der Waals surface area contributed by atoms with E-state index < -0.39 is 18.4 Å². The molecule has 0 aromatic rings. The van der Waals surface area contributed by atoms with Crippen LogP contribution in [0.1, 0.15) is 40.5 Å². The largest absolute Gasteiger partial charge is 0.395 e. The van der Waals surface area contributed by atoms with Crippen molar-refractivity contribution in [3.63, 3.8) is 0 Å². The number of carbonyl (C=O) groups is 1. The third kappa shape index (κ3) is 6.00. The molecule has 0 amide bonds. The van der Waals surface area contributed by atoms with Crippen LogP contribution in [0.5, 0.6) is 0 Å². The van der Waals surface area contributed by atoms with Crippen molar-refractivity contribution in [3.8, 4) is 0 Å². The van der Waals surface area contributed by atoms with Crippen LogP contribution in [0.3, 0.4) is 0 Å². The summed E-state index contributed by atoms with van der Waals surface area (Å²) in [5, 5.41) is 0. The number of hydrogen-bond donors (Lipinski definition) is 0. The molecule has 1 nitrogen and oxygen atoms in total. The first-order chi connectivity index (χ1) is 6.02. The molecule has 0 heterocycles. The van der Waals surface area contributed by atoms with E-state index in [1.165, 1.54) is 0 Å². The number of hydrogen-bond acceptors (Lipinski definition) is 1. The molecule has 0 aromatic carbocycles. The molecule has 1 atom stereocenters. The van der Waals surface area contributed by atoms with Crippen LogP contribution in [0, 0.1) is 11.3 Å². The van der Waals surface area contributed by atoms with E-state index in [0.717, 1.165) is 0 Å². The lowest BCUT2D eigenvalue weighted by molar-refractivity contribution is -0.153. The molecule has 4 heteroatoms. The number of alkyl halides is 3. The number of Topliss-reactive ketones (excluding diaryl/α,β-unsaturated/α-hetero) is 1. The summed E-state index contributed by atoms with van der Waals surface area (Å²) in [6.07, 6.45) is -5.66. The van der Waals surface area contributed by atoms with Gasteiger partial charge in [0.2, 0.25) is 0 Å². The van der Waals surface area contributed by atoms with Gasteiger partial charge in [0.25, 0.3) is 0 Å². The molecule has 84 valence electrons. The highest BCUT2D eigenvalue weighted by atomic mass is 19.4. The minimum absolute atomic E-state index is 0.00299. The van der Waals surface area contributed by atoms with E-state index in [4.69, 9.17) is 0 Å². The molecule has 0 aliphatic carbocycles. The third-order valence-corrected chi connectivity index (χ3v) is 2.41. The molecule has 0 bridgehead atoms. The molecule has 14 heavy (non-hydrogen) atoms. The highest BCUT2D eigenvalue weighted by molar-refractivity contribution is 5.79. The number of carbonyl (C=O) groups excluding carboxylic acids is 1. The van der Waals surface area contributed by atoms with Crippen LogP contribution in [-0.4, -0.2) is 12.0 Å². The van der Waals surface area contributed by atoms with E-state index in [1.54, 1.807) is 6.92 Å². The van der Waals surface area contributed by atoms with Gasteiger partial charge in [-0.3, -0.25) is 4.79 Å². The Morgan fingerprint density at radius 1 is 1.21 bits per heavy atom. The molecule has 0 unspecified atom stereocenters. The fourth-order valence-electron chi connectivity index (χ4n) is 0.943. The second kappa shape index (κ2) is 4.32. The Morgan fingerprint density at radius 2 is 1.64 bits per heavy atom. The van der Waals surface area contributed by atoms with Crippen LogP contribution in [0.2, 0.25) is 0 Å². The predicted octanol–water partition coefficient (Wildman–Crippen LogP) is 3.58. The Bertz CT molecular complexity index is 200. The Hall–Kier alpha value is -0.540. The van der Waals surface area contributed by atoms with Crippen molar-refractivity contribution < 1.29 is 18.0 Å². The molecule has 0 saturated carbocycles. The zero-order chi connectivity index (χ0) is 11.6. The molecule has 0 spiro atoms. The zero-order valence-corrected chi connectivity index (χ0v) is 9.03. The molecule has 0 aliphatic heterocycles. The number of ketones is 1. The summed E-state index contributed by atoms with van der Waals surface area (Å²) in [6.45, 7) is 7.55. The lowest BCUT2D eigenvalue weighted by Gasteiger charge is -2.26. The van der Waals surface area contributed by atoms with Gasteiger partial charge in [0, 0.05) is 6.42 Å². The average molecular weight is 210 g/mol. The van der Waals surface area contributed by atoms with Crippen LogP contribution in [0.15, 0.2) is 0 Å². The monoisotopic (exact) mass is 210 g/mol. The van der Waals surface area contributed by atoms with Gasteiger partial charge in [0.1, 0.15) is 12.2 Å². The van der Waals surface area contributed by atoms with Gasteiger partial charge in [-0.2, -0.15) is 13.2 Å². The lowest BCUT2D eigenvalue weighted by atomic mass is 9.79. The second-order valence-corrected chi connectivity index (χ2v) is 4.80. The molecule has 0 N–H and O–H groups in total. The molecule has 0 fully saturated rings. The summed E-state index contributed by atoms with van der Waals surface area (Å²) in [4.78, 5) is 11.0. The fourth-order valence-corrected chi connectivity index (χ4v) is 0.943. The maximum absolute atomic E-state index is 11.8. The first-order valence-corrected chi connectivity index (χ1v) is 4.61. The van der Waals surface area contributed by atoms with Crippen LogP contribution < -0.4 is 0 Å². The summed E-state index contributed by atoms with van der Waals surface area (Å²) in [7, 11) is 0. The van der Waals surface area contributed by atoms with Crippen LogP contribution >= 0.6 is 0 Å². The van der Waals surface area contributed by atoms with Gasteiger partial charge in [-0.1, -0.05) is 27.7 Å². The molecular weight excluding hydrogens is 193 g/mol. The Morgan fingerprint density at radius 3 is 1.93 bits per heavy atom. The maximum Gasteiger partial charge on any atom is 0.395 e. The average Bonchev–Trinajstić information content (AvgIpc) is 1.79. The standard InChI is InChI=1S/C10H17F3O/c1-7(9(2,3)4)5-8(14)6-10(11,12)13/h7H,5-6H2,1-4H3/t7-/m1/s1. The van der Waals surface area contributed by atoms with Gasteiger partial charge >= 0.3 is 6.18 Å². The number of rotatable bonds is 3. The van der Waals surface area contributed by atoms with Crippen LogP contribution in [-0.2, 0) is 4.79 Å². The van der Waals surface area contributed by atoms with Crippen molar-refractivity contribution in [1.82, 2.24) is 0 Å². The fraction of sp³-hybridized carbons (Fsp3) is 0.900. The minimum atomic E-state index is -4.37. The summed E-state index contributed by atoms with van der Waals surface area (Å²) in [6, 6.07) is 0. The molecular formula is C10H17F3O. The third-order valence-electron chi connectivity index (χ3n) is 2.41. The summed E-state index contributed by atoms with van der Waals surface area (Å²) in [5.74, 6) is -0.753. The topological polar surface area (TPSA) is 17.1 Å². The van der Waals surface area contributed by atoms with Gasteiger partial charge in [-0.25, -0.2) is 0 Å². The lowest BCUT2D eigenvalue weighted by Crippen LogP contribution is -2.23. The zero-order valence-electron chi connectivity index (χ0n) is 9.03. The van der Waals surface area contributed by atoms with Gasteiger partial charge in [-0.15, -0.1) is 0 Å². The summed E-state index contributed by atoms with van der Waals surface area (Å²) >= 11 is 0. The van der Waals surface area contributed by atoms with Crippen molar-refractivity contribution in [1.29, 1.82) is 0 Å². The van der Waals surface area contributed by atoms with Gasteiger partial charge < -0.3 is 0 Å². The molecule has 0 saturated heterocycles. The molecule has 0 radical (unpaired) electrons. The second-order valence-electron chi connectivity index (χ2n) is 4.80. The Labute approximate surface area is 82.7 Å². The van der Waals surface area contributed by atoms with E-state index in [9.17, 15) is 18.0 Å². The van der Waals surface area contributed by atoms with Gasteiger partial charge in [0.15, 0.2) is 0 Å². The molecule has 0 rings (SSSR count). The molecule has 0 aromatic heterocycles. The van der Waals surface area contributed by atoms with Crippen LogP contribution in [0.25, 0.3) is 0 Å². The maximum atomic E-state index is 11.8. The van der Waals surface area contributed by atoms with E-state index in [1.807, 2.05) is 20.8 Å². The Balaban J connectivity index is 4.09. The normalized spacial score (nSPS) is 15.4. The van der Waals surface area contributed by atoms with Crippen molar-refractivity contribution >= 4 is 5.78 Å². The van der Waals surface area contributed by atoms with E-state index in [-0.39, 0.29) is 17.8 Å². The quantitative estimate of drug-likeness (QED) is 0.695. The van der Waals surface area contributed by atoms with E-state index in [2.05, 4.69) is 0 Å². The number of halogens is 3. The van der Waals surface area contributed by atoms with Gasteiger partial charge in [-0.05, 0) is 11.3 Å². The first kappa shape index (κ1) is 13.5. The van der Waals surface area contributed by atoms with Crippen molar-refractivity contribution in [2.45, 2.75) is 46.7 Å². The van der Waals surface area contributed by atoms with Crippen molar-refractivity contribution in [3.05, 3.63) is 0 Å². The SMILES string of the molecule is C[C@H](CC(=O)CC(F)(F)F)C(C)(C)C. The summed E-state index contributed by atoms with van der Waals surface area (Å²) in [5.41, 5.74) is -0.124. The van der Waals surface area contributed by atoms with Crippen molar-refractivity contribution in [2.75, 3.05) is 0 Å². The minimum Gasteiger partial charge on any atom is -0.299 e. The Kier molecular flexibility index (Phi) is 4.15. The van der Waals surface area contributed by atoms with Crippen molar-refractivity contribution in [2.24, 2.45) is 11.3 Å². The summed E-state index contributed by atoms with van der Waals surface area (Å²) < 4.78 is 35.5. The smallest absolute Gasteiger partial charge is 0.299 e. The highest BCUT2D eigenvalue weighted by Gasteiger charge is 2.32. The highest BCUT2D eigenvalue weighted by Crippen LogP contribution is 2.30. The van der Waals surface area contributed by atoms with Crippen LogP contribution in [0.4, 0.5) is 13.2 Å². The van der Waals surface area contributed by atoms with E-state index in [0.29, 0.717) is 0 Å². The predicted molar refractivity (Wildman–Crippen MR) is 48.9 cm³/mol. The first-order valence-electron chi connectivity index (χ1n) is 4.61. The van der Waals surface area contributed by atoms with E-state index >= 15 is 0 Å². The van der Waals surface area contributed by atoms with Gasteiger partial charge in [0.05, 0.1) is 0 Å². The molecule has 0 aliphatic rings.